The first kappa shape index (κ1) is 20.1. The molecule has 0 radical (unpaired) electrons. The van der Waals surface area contributed by atoms with Gasteiger partial charge in [-0.2, -0.15) is 0 Å². The first-order valence-electron chi connectivity index (χ1n) is 9.18. The van der Waals surface area contributed by atoms with Gasteiger partial charge in [0.1, 0.15) is 0 Å². The molecule has 2 unspecified atom stereocenters. The number of benzene rings is 1. The highest BCUT2D eigenvalue weighted by atomic mass is 28.4. The molecule has 1 aromatic carbocycles. The molecule has 0 spiro atoms. The van der Waals surface area contributed by atoms with Crippen molar-refractivity contribution in [1.29, 1.82) is 0 Å². The fraction of sp³-hybridized carbons (Fsp3) is 0.650. The zero-order valence-corrected chi connectivity index (χ0v) is 17.5. The topological polar surface area (TPSA) is 38.8 Å². The number of carbonyl (C=O) groups excluding carboxylic acids is 1. The van der Waals surface area contributed by atoms with Crippen molar-refractivity contribution in [3.8, 4) is 0 Å². The lowest BCUT2D eigenvalue weighted by Gasteiger charge is -2.43. The average Bonchev–Trinajstić information content (AvgIpc) is 2.58. The van der Waals surface area contributed by atoms with E-state index in [0.717, 1.165) is 24.9 Å². The number of nitrogens with zero attached hydrogens (tertiary/aromatic N) is 1. The Bertz CT molecular complexity index is 568. The van der Waals surface area contributed by atoms with Crippen LogP contribution in [0.5, 0.6) is 0 Å². The van der Waals surface area contributed by atoms with Gasteiger partial charge in [-0.05, 0) is 36.5 Å². The third-order valence-corrected chi connectivity index (χ3v) is 10.2. The van der Waals surface area contributed by atoms with E-state index in [2.05, 4.69) is 50.9 Å². The molecule has 1 aromatic rings. The maximum Gasteiger partial charge on any atom is 0.310 e. The zero-order valence-electron chi connectivity index (χ0n) is 16.5. The Morgan fingerprint density at radius 2 is 1.88 bits per heavy atom. The van der Waals surface area contributed by atoms with Crippen molar-refractivity contribution in [2.75, 3.05) is 20.4 Å². The molecule has 5 heteroatoms. The molecule has 25 heavy (non-hydrogen) atoms. The van der Waals surface area contributed by atoms with Crippen LogP contribution in [-0.4, -0.2) is 39.6 Å². The molecule has 2 rings (SSSR count). The first-order valence-corrected chi connectivity index (χ1v) is 12.1. The molecule has 1 aliphatic rings. The summed E-state index contributed by atoms with van der Waals surface area (Å²) in [5.74, 6) is -0.255. The lowest BCUT2D eigenvalue weighted by atomic mass is 9.85. The first-order chi connectivity index (χ1) is 11.7. The van der Waals surface area contributed by atoms with Crippen molar-refractivity contribution in [2.24, 2.45) is 5.92 Å². The monoisotopic (exact) mass is 363 g/mol. The molecule has 2 atom stereocenters. The van der Waals surface area contributed by atoms with Crippen molar-refractivity contribution < 1.29 is 14.0 Å². The normalized spacial score (nSPS) is 22.6. The molecule has 0 N–H and O–H groups in total. The van der Waals surface area contributed by atoms with E-state index >= 15 is 0 Å². The van der Waals surface area contributed by atoms with E-state index in [1.165, 1.54) is 7.11 Å². The van der Waals surface area contributed by atoms with Crippen molar-refractivity contribution in [3.63, 3.8) is 0 Å². The van der Waals surface area contributed by atoms with Crippen LogP contribution >= 0.6 is 0 Å². The molecule has 1 aliphatic heterocycles. The Morgan fingerprint density at radius 1 is 1.24 bits per heavy atom. The average molecular weight is 364 g/mol. The molecule has 0 aromatic heterocycles. The van der Waals surface area contributed by atoms with Crippen molar-refractivity contribution in [3.05, 3.63) is 35.9 Å². The molecule has 4 nitrogen and oxygen atoms in total. The second kappa shape index (κ2) is 8.02. The second-order valence-electron chi connectivity index (χ2n) is 8.47. The maximum absolute atomic E-state index is 12.4. The summed E-state index contributed by atoms with van der Waals surface area (Å²) in [4.78, 5) is 14.7. The molecule has 0 amide bonds. The Kier molecular flexibility index (Phi) is 6.46. The molecule has 0 bridgehead atoms. The van der Waals surface area contributed by atoms with Gasteiger partial charge in [-0.3, -0.25) is 9.69 Å². The van der Waals surface area contributed by atoms with Gasteiger partial charge in [-0.1, -0.05) is 51.1 Å². The van der Waals surface area contributed by atoms with E-state index in [1.807, 2.05) is 18.2 Å². The van der Waals surface area contributed by atoms with E-state index in [9.17, 15) is 4.79 Å². The lowest BCUT2D eigenvalue weighted by molar-refractivity contribution is -0.151. The van der Waals surface area contributed by atoms with E-state index in [4.69, 9.17) is 9.16 Å². The van der Waals surface area contributed by atoms with E-state index in [-0.39, 0.29) is 23.0 Å². The highest BCUT2D eigenvalue weighted by Gasteiger charge is 2.41. The number of esters is 1. The molecular formula is C20H33NO3Si. The molecule has 1 saturated heterocycles. The minimum absolute atomic E-state index is 0.0205. The zero-order chi connectivity index (χ0) is 18.7. The highest BCUT2D eigenvalue weighted by molar-refractivity contribution is 6.74. The van der Waals surface area contributed by atoms with Gasteiger partial charge in [-0.25, -0.2) is 0 Å². The van der Waals surface area contributed by atoms with E-state index in [0.29, 0.717) is 6.73 Å². The third kappa shape index (κ3) is 4.71. The Hall–Kier alpha value is -1.17. The number of rotatable bonds is 5. The summed E-state index contributed by atoms with van der Waals surface area (Å²) in [6, 6.07) is 10.3. The summed E-state index contributed by atoms with van der Waals surface area (Å²) in [6.45, 7) is 12.8. The van der Waals surface area contributed by atoms with Crippen LogP contribution in [0.15, 0.2) is 30.3 Å². The van der Waals surface area contributed by atoms with E-state index < -0.39 is 8.32 Å². The molecule has 1 fully saturated rings. The van der Waals surface area contributed by atoms with Crippen molar-refractivity contribution >= 4 is 14.3 Å². The predicted molar refractivity (Wildman–Crippen MR) is 104 cm³/mol. The van der Waals surface area contributed by atoms with Gasteiger partial charge in [-0.15, -0.1) is 0 Å². The van der Waals surface area contributed by atoms with Gasteiger partial charge in [0.05, 0.1) is 25.8 Å². The molecule has 0 aliphatic carbocycles. The van der Waals surface area contributed by atoms with E-state index in [1.54, 1.807) is 0 Å². The number of carbonyl (C=O) groups is 1. The smallest absolute Gasteiger partial charge is 0.310 e. The number of ether oxygens (including phenoxy) is 1. The number of hydrogen-bond donors (Lipinski definition) is 0. The molecule has 1 heterocycles. The summed E-state index contributed by atoms with van der Waals surface area (Å²) in [5.41, 5.74) is 1.16. The molecule has 0 saturated carbocycles. The lowest BCUT2D eigenvalue weighted by Crippen LogP contribution is -2.48. The maximum atomic E-state index is 12.4. The van der Waals surface area contributed by atoms with Gasteiger partial charge in [0.25, 0.3) is 0 Å². The van der Waals surface area contributed by atoms with Crippen molar-refractivity contribution in [1.82, 2.24) is 4.90 Å². The summed E-state index contributed by atoms with van der Waals surface area (Å²) in [5, 5.41) is 0.173. The van der Waals surface area contributed by atoms with Crippen LogP contribution in [0, 0.1) is 5.92 Å². The van der Waals surface area contributed by atoms with Crippen molar-refractivity contribution in [2.45, 2.75) is 57.8 Å². The van der Waals surface area contributed by atoms with Gasteiger partial charge >= 0.3 is 5.97 Å². The number of methoxy groups -OCH3 is 1. The van der Waals surface area contributed by atoms with Crippen LogP contribution in [0.1, 0.15) is 45.2 Å². The summed E-state index contributed by atoms with van der Waals surface area (Å²) < 4.78 is 11.6. The fourth-order valence-corrected chi connectivity index (χ4v) is 4.08. The Morgan fingerprint density at radius 3 is 2.44 bits per heavy atom. The second-order valence-corrected chi connectivity index (χ2v) is 13.3. The number of piperidine rings is 1. The van der Waals surface area contributed by atoms with Crippen LogP contribution in [0.4, 0.5) is 0 Å². The largest absolute Gasteiger partial charge is 0.469 e. The molecular weight excluding hydrogens is 330 g/mol. The van der Waals surface area contributed by atoms with Gasteiger partial charge in [0.15, 0.2) is 8.32 Å². The molecule has 140 valence electrons. The minimum atomic E-state index is -1.83. The minimum Gasteiger partial charge on any atom is -0.469 e. The van der Waals surface area contributed by atoms with Crippen LogP contribution in [0.25, 0.3) is 0 Å². The van der Waals surface area contributed by atoms with Crippen LogP contribution < -0.4 is 0 Å². The summed E-state index contributed by atoms with van der Waals surface area (Å²) >= 11 is 0. The standard InChI is InChI=1S/C20H33NO3Si/c1-20(2,3)25(5,6)24-15-21-14-10-13-17(19(22)23-4)18(21)16-11-8-7-9-12-16/h7-9,11-12,17-18H,10,13-15H2,1-6H3. The van der Waals surface area contributed by atoms with Crippen LogP contribution in [0.3, 0.4) is 0 Å². The van der Waals surface area contributed by atoms with Gasteiger partial charge in [0, 0.05) is 6.54 Å². The Labute approximate surface area is 153 Å². The Balaban J connectivity index is 2.23. The fourth-order valence-electron chi connectivity index (χ4n) is 3.16. The third-order valence-electron chi connectivity index (χ3n) is 5.78. The quantitative estimate of drug-likeness (QED) is 0.566. The summed E-state index contributed by atoms with van der Waals surface area (Å²) in [7, 11) is -0.353. The number of hydrogen-bond acceptors (Lipinski definition) is 4. The summed E-state index contributed by atoms with van der Waals surface area (Å²) in [6.07, 6.45) is 1.85. The van der Waals surface area contributed by atoms with Gasteiger partial charge in [0.2, 0.25) is 0 Å². The van der Waals surface area contributed by atoms with Crippen LogP contribution in [0.2, 0.25) is 18.1 Å². The number of likely N-dealkylation sites (tertiary alicyclic amines) is 1. The van der Waals surface area contributed by atoms with Crippen LogP contribution in [-0.2, 0) is 14.0 Å². The highest BCUT2D eigenvalue weighted by Crippen LogP contribution is 2.39. The van der Waals surface area contributed by atoms with Gasteiger partial charge < -0.3 is 9.16 Å². The SMILES string of the molecule is COC(=O)C1CCCN(CO[Si](C)(C)C(C)(C)C)C1c1ccccc1. The predicted octanol–water partition coefficient (Wildman–Crippen LogP) is 4.59.